The van der Waals surface area contributed by atoms with Crippen LogP contribution in [0.4, 0.5) is 0 Å². The number of hydrogen-bond donors (Lipinski definition) is 1. The fourth-order valence-electron chi connectivity index (χ4n) is 3.25. The molecule has 2 heterocycles. The van der Waals surface area contributed by atoms with Crippen LogP contribution in [0.25, 0.3) is 11.1 Å². The smallest absolute Gasteiger partial charge is 0.258 e. The fourth-order valence-corrected chi connectivity index (χ4v) is 3.25. The number of aryl methyl sites for hydroxylation is 2. The number of ether oxygens (including phenoxy) is 1. The molecule has 0 aromatic carbocycles. The van der Waals surface area contributed by atoms with Gasteiger partial charge in [0, 0.05) is 18.8 Å². The lowest BCUT2D eigenvalue weighted by Gasteiger charge is -2.21. The van der Waals surface area contributed by atoms with E-state index in [2.05, 4.69) is 15.5 Å². The number of carbonyl (C=O) groups excluding carboxylic acids is 1. The Labute approximate surface area is 141 Å². The zero-order valence-corrected chi connectivity index (χ0v) is 14.4. The van der Waals surface area contributed by atoms with Crippen molar-refractivity contribution in [3.63, 3.8) is 0 Å². The lowest BCUT2D eigenvalue weighted by Crippen LogP contribution is -2.26. The minimum Gasteiger partial charge on any atom is -0.378 e. The average Bonchev–Trinajstić information content (AvgIpc) is 2.95. The minimum absolute atomic E-state index is 0.116. The summed E-state index contributed by atoms with van der Waals surface area (Å²) in [6.07, 6.45) is 7.46. The van der Waals surface area contributed by atoms with Crippen molar-refractivity contribution in [3.05, 3.63) is 23.0 Å². The first-order valence-electron chi connectivity index (χ1n) is 8.78. The molecule has 0 bridgehead atoms. The van der Waals surface area contributed by atoms with E-state index in [4.69, 9.17) is 9.26 Å². The van der Waals surface area contributed by atoms with Crippen LogP contribution in [-0.4, -0.2) is 35.3 Å². The van der Waals surface area contributed by atoms with E-state index in [1.165, 1.54) is 32.1 Å². The molecule has 0 atom stereocenters. The molecule has 1 aliphatic carbocycles. The maximum atomic E-state index is 12.5. The van der Waals surface area contributed by atoms with E-state index in [1.54, 1.807) is 6.07 Å². The largest absolute Gasteiger partial charge is 0.378 e. The van der Waals surface area contributed by atoms with E-state index in [0.717, 1.165) is 12.1 Å². The highest BCUT2D eigenvalue weighted by atomic mass is 16.5. The highest BCUT2D eigenvalue weighted by Gasteiger charge is 2.17. The Bertz CT molecular complexity index is 705. The van der Waals surface area contributed by atoms with Crippen LogP contribution in [0.5, 0.6) is 0 Å². The van der Waals surface area contributed by atoms with Crippen molar-refractivity contribution in [3.8, 4) is 0 Å². The van der Waals surface area contributed by atoms with Crippen molar-refractivity contribution in [2.75, 3.05) is 13.2 Å². The molecule has 6 heteroatoms. The molecule has 6 nitrogen and oxygen atoms in total. The number of pyridine rings is 1. The van der Waals surface area contributed by atoms with E-state index >= 15 is 0 Å². The van der Waals surface area contributed by atoms with Crippen molar-refractivity contribution in [2.24, 2.45) is 0 Å². The monoisotopic (exact) mass is 331 g/mol. The second kappa shape index (κ2) is 7.75. The van der Waals surface area contributed by atoms with Gasteiger partial charge in [-0.2, -0.15) is 0 Å². The van der Waals surface area contributed by atoms with Gasteiger partial charge in [0.25, 0.3) is 11.6 Å². The van der Waals surface area contributed by atoms with Crippen LogP contribution >= 0.6 is 0 Å². The van der Waals surface area contributed by atoms with Gasteiger partial charge in [-0.05, 0) is 39.2 Å². The molecule has 0 radical (unpaired) electrons. The molecular formula is C18H25N3O3. The second-order valence-electron chi connectivity index (χ2n) is 6.50. The molecule has 0 saturated heterocycles. The standard InChI is InChI=1S/C18H25N3O3/c1-12-11-15(16-13(2)21-24-18(16)20-12)17(22)19-9-6-10-23-14-7-4-3-5-8-14/h11,14H,3-10H2,1-2H3,(H,19,22). The van der Waals surface area contributed by atoms with Gasteiger partial charge in [0.2, 0.25) is 0 Å². The van der Waals surface area contributed by atoms with Crippen LogP contribution < -0.4 is 5.32 Å². The van der Waals surface area contributed by atoms with Gasteiger partial charge in [-0.3, -0.25) is 4.79 Å². The number of fused-ring (bicyclic) bond motifs is 1. The molecule has 0 unspecified atom stereocenters. The first-order valence-corrected chi connectivity index (χ1v) is 8.78. The summed E-state index contributed by atoms with van der Waals surface area (Å²) in [5, 5.41) is 7.55. The molecule has 0 aliphatic heterocycles. The molecule has 1 saturated carbocycles. The van der Waals surface area contributed by atoms with Crippen molar-refractivity contribution in [1.82, 2.24) is 15.5 Å². The maximum Gasteiger partial charge on any atom is 0.258 e. The molecule has 1 aliphatic rings. The summed E-state index contributed by atoms with van der Waals surface area (Å²) in [6, 6.07) is 1.78. The summed E-state index contributed by atoms with van der Waals surface area (Å²) in [6.45, 7) is 4.95. The van der Waals surface area contributed by atoms with Crippen molar-refractivity contribution in [1.29, 1.82) is 0 Å². The van der Waals surface area contributed by atoms with Crippen LogP contribution in [-0.2, 0) is 4.74 Å². The lowest BCUT2D eigenvalue weighted by atomic mass is 9.98. The van der Waals surface area contributed by atoms with Gasteiger partial charge >= 0.3 is 0 Å². The van der Waals surface area contributed by atoms with Gasteiger partial charge < -0.3 is 14.6 Å². The van der Waals surface area contributed by atoms with Crippen LogP contribution in [0.2, 0.25) is 0 Å². The lowest BCUT2D eigenvalue weighted by molar-refractivity contribution is 0.0273. The number of hydrogen-bond acceptors (Lipinski definition) is 5. The Morgan fingerprint density at radius 3 is 2.92 bits per heavy atom. The highest BCUT2D eigenvalue weighted by Crippen LogP contribution is 2.22. The van der Waals surface area contributed by atoms with Gasteiger partial charge in [0.1, 0.15) is 0 Å². The predicted octanol–water partition coefficient (Wildman–Crippen LogP) is 3.31. The highest BCUT2D eigenvalue weighted by molar-refractivity contribution is 6.05. The topological polar surface area (TPSA) is 77.2 Å². The molecule has 130 valence electrons. The summed E-state index contributed by atoms with van der Waals surface area (Å²) in [5.41, 5.74) is 2.41. The third kappa shape index (κ3) is 3.93. The SMILES string of the molecule is Cc1cc(C(=O)NCCCOC2CCCCC2)c2c(C)noc2n1. The van der Waals surface area contributed by atoms with Crippen LogP contribution in [0.3, 0.4) is 0 Å². The van der Waals surface area contributed by atoms with Gasteiger partial charge in [0.05, 0.1) is 22.7 Å². The fraction of sp³-hybridized carbons (Fsp3) is 0.611. The molecule has 1 amide bonds. The number of nitrogens with one attached hydrogen (secondary N) is 1. The van der Waals surface area contributed by atoms with E-state index in [1.807, 2.05) is 13.8 Å². The molecule has 24 heavy (non-hydrogen) atoms. The third-order valence-electron chi connectivity index (χ3n) is 4.50. The van der Waals surface area contributed by atoms with Gasteiger partial charge in [0.15, 0.2) is 0 Å². The van der Waals surface area contributed by atoms with E-state index in [9.17, 15) is 4.79 Å². The number of rotatable bonds is 6. The van der Waals surface area contributed by atoms with E-state index < -0.39 is 0 Å². The summed E-state index contributed by atoms with van der Waals surface area (Å²) in [5.74, 6) is -0.116. The summed E-state index contributed by atoms with van der Waals surface area (Å²) >= 11 is 0. The number of nitrogens with zero attached hydrogens (tertiary/aromatic N) is 2. The number of carbonyl (C=O) groups is 1. The first-order chi connectivity index (χ1) is 11.6. The quantitative estimate of drug-likeness (QED) is 0.822. The van der Waals surface area contributed by atoms with E-state index in [0.29, 0.717) is 41.6 Å². The Kier molecular flexibility index (Phi) is 5.45. The summed E-state index contributed by atoms with van der Waals surface area (Å²) in [4.78, 5) is 16.7. The second-order valence-corrected chi connectivity index (χ2v) is 6.50. The van der Waals surface area contributed by atoms with Crippen molar-refractivity contribution >= 4 is 17.0 Å². The zero-order chi connectivity index (χ0) is 16.9. The Hall–Kier alpha value is -1.95. The molecule has 2 aromatic heterocycles. The number of aromatic nitrogens is 2. The number of amides is 1. The normalized spacial score (nSPS) is 15.8. The minimum atomic E-state index is -0.116. The Balaban J connectivity index is 1.51. The summed E-state index contributed by atoms with van der Waals surface area (Å²) in [7, 11) is 0. The predicted molar refractivity (Wildman–Crippen MR) is 91.1 cm³/mol. The molecule has 1 N–H and O–H groups in total. The van der Waals surface area contributed by atoms with Crippen LogP contribution in [0.15, 0.2) is 10.6 Å². The molecule has 2 aromatic rings. The van der Waals surface area contributed by atoms with Crippen molar-refractivity contribution in [2.45, 2.75) is 58.5 Å². The van der Waals surface area contributed by atoms with Crippen molar-refractivity contribution < 1.29 is 14.1 Å². The van der Waals surface area contributed by atoms with Gasteiger partial charge in [-0.15, -0.1) is 0 Å². The third-order valence-corrected chi connectivity index (χ3v) is 4.50. The Morgan fingerprint density at radius 1 is 1.33 bits per heavy atom. The van der Waals surface area contributed by atoms with E-state index in [-0.39, 0.29) is 5.91 Å². The average molecular weight is 331 g/mol. The van der Waals surface area contributed by atoms with Crippen LogP contribution in [0, 0.1) is 13.8 Å². The van der Waals surface area contributed by atoms with Crippen LogP contribution in [0.1, 0.15) is 60.3 Å². The zero-order valence-electron chi connectivity index (χ0n) is 14.4. The molecule has 0 spiro atoms. The molecular weight excluding hydrogens is 306 g/mol. The van der Waals surface area contributed by atoms with Gasteiger partial charge in [-0.25, -0.2) is 4.98 Å². The first kappa shape index (κ1) is 16.9. The molecule has 3 rings (SSSR count). The van der Waals surface area contributed by atoms with Gasteiger partial charge in [-0.1, -0.05) is 24.4 Å². The maximum absolute atomic E-state index is 12.5. The summed E-state index contributed by atoms with van der Waals surface area (Å²) < 4.78 is 11.0. The molecule has 1 fully saturated rings. The Morgan fingerprint density at radius 2 is 2.12 bits per heavy atom.